The van der Waals surface area contributed by atoms with E-state index in [-0.39, 0.29) is 0 Å². The lowest BCUT2D eigenvalue weighted by molar-refractivity contribution is 0.304. The van der Waals surface area contributed by atoms with Crippen LogP contribution in [0.25, 0.3) is 0 Å². The van der Waals surface area contributed by atoms with E-state index in [9.17, 15) is 0 Å². The van der Waals surface area contributed by atoms with Crippen LogP contribution < -0.4 is 10.5 Å². The Balaban J connectivity index is 1.85. The van der Waals surface area contributed by atoms with E-state index in [4.69, 9.17) is 14.9 Å². The minimum atomic E-state index is 0.561. The first kappa shape index (κ1) is 13.6. The maximum Gasteiger partial charge on any atom is 0.198 e. The van der Waals surface area contributed by atoms with Crippen LogP contribution in [-0.2, 0) is 12.8 Å². The highest BCUT2D eigenvalue weighted by Gasteiger charge is 2.08. The summed E-state index contributed by atoms with van der Waals surface area (Å²) in [6.45, 7) is 5.12. The molecule has 0 amide bonds. The van der Waals surface area contributed by atoms with Gasteiger partial charge in [0.25, 0.3) is 0 Å². The highest BCUT2D eigenvalue weighted by Crippen LogP contribution is 2.13. The van der Waals surface area contributed by atoms with Gasteiger partial charge in [-0.25, -0.2) is 4.98 Å². The standard InChI is InChI=1S/C15H20N2O2/c1-11-3-5-13(6-4-11)18-10-8-15-17-14(7-9-16)12(2)19-15/h3-6H,7-10,16H2,1-2H3. The van der Waals surface area contributed by atoms with Gasteiger partial charge in [-0.05, 0) is 32.5 Å². The lowest BCUT2D eigenvalue weighted by Crippen LogP contribution is -2.05. The summed E-state index contributed by atoms with van der Waals surface area (Å²) in [5.74, 6) is 2.44. The molecular formula is C15H20N2O2. The summed E-state index contributed by atoms with van der Waals surface area (Å²) in [7, 11) is 0. The molecule has 4 heteroatoms. The average Bonchev–Trinajstić information content (AvgIpc) is 2.73. The van der Waals surface area contributed by atoms with Crippen molar-refractivity contribution in [2.45, 2.75) is 26.7 Å². The van der Waals surface area contributed by atoms with E-state index < -0.39 is 0 Å². The smallest absolute Gasteiger partial charge is 0.198 e. The van der Waals surface area contributed by atoms with Crippen LogP contribution >= 0.6 is 0 Å². The van der Waals surface area contributed by atoms with E-state index in [1.807, 2.05) is 31.2 Å². The summed E-state index contributed by atoms with van der Waals surface area (Å²) in [6, 6.07) is 8.00. The summed E-state index contributed by atoms with van der Waals surface area (Å²) in [4.78, 5) is 4.42. The van der Waals surface area contributed by atoms with Crippen molar-refractivity contribution >= 4 is 0 Å². The van der Waals surface area contributed by atoms with Crippen LogP contribution in [0.5, 0.6) is 5.75 Å². The summed E-state index contributed by atoms with van der Waals surface area (Å²) < 4.78 is 11.2. The molecular weight excluding hydrogens is 240 g/mol. The van der Waals surface area contributed by atoms with Gasteiger partial charge in [0, 0.05) is 6.42 Å². The topological polar surface area (TPSA) is 61.3 Å². The summed E-state index contributed by atoms with van der Waals surface area (Å²) >= 11 is 0. The molecule has 0 spiro atoms. The normalized spacial score (nSPS) is 10.7. The van der Waals surface area contributed by atoms with Gasteiger partial charge in [0.2, 0.25) is 0 Å². The molecule has 0 aliphatic rings. The molecule has 2 N–H and O–H groups in total. The molecule has 0 unspecified atom stereocenters. The molecule has 0 radical (unpaired) electrons. The fourth-order valence-corrected chi connectivity index (χ4v) is 1.85. The number of hydrogen-bond acceptors (Lipinski definition) is 4. The fraction of sp³-hybridized carbons (Fsp3) is 0.400. The fourth-order valence-electron chi connectivity index (χ4n) is 1.85. The van der Waals surface area contributed by atoms with Crippen molar-refractivity contribution < 1.29 is 9.15 Å². The molecule has 4 nitrogen and oxygen atoms in total. The highest BCUT2D eigenvalue weighted by molar-refractivity contribution is 5.26. The second kappa shape index (κ2) is 6.38. The third-order valence-corrected chi connectivity index (χ3v) is 2.92. The molecule has 0 aliphatic heterocycles. The minimum absolute atomic E-state index is 0.561. The number of benzene rings is 1. The van der Waals surface area contributed by atoms with Gasteiger partial charge < -0.3 is 14.9 Å². The first-order valence-corrected chi connectivity index (χ1v) is 6.53. The third-order valence-electron chi connectivity index (χ3n) is 2.92. The zero-order valence-corrected chi connectivity index (χ0v) is 11.5. The van der Waals surface area contributed by atoms with E-state index in [2.05, 4.69) is 11.9 Å². The molecule has 102 valence electrons. The molecule has 0 saturated heterocycles. The Bertz CT molecular complexity index is 517. The Hall–Kier alpha value is -1.81. The average molecular weight is 260 g/mol. The lowest BCUT2D eigenvalue weighted by atomic mass is 10.2. The van der Waals surface area contributed by atoms with Gasteiger partial charge in [-0.1, -0.05) is 17.7 Å². The Morgan fingerprint density at radius 3 is 2.58 bits per heavy atom. The number of nitrogens with two attached hydrogens (primary N) is 1. The largest absolute Gasteiger partial charge is 0.493 e. The lowest BCUT2D eigenvalue weighted by Gasteiger charge is -2.04. The van der Waals surface area contributed by atoms with E-state index in [0.29, 0.717) is 25.5 Å². The van der Waals surface area contributed by atoms with Gasteiger partial charge in [-0.2, -0.15) is 0 Å². The number of hydrogen-bond donors (Lipinski definition) is 1. The van der Waals surface area contributed by atoms with E-state index in [1.165, 1.54) is 5.56 Å². The molecule has 0 saturated carbocycles. The van der Waals surface area contributed by atoms with Crippen LogP contribution in [0.1, 0.15) is 22.9 Å². The summed E-state index contributed by atoms with van der Waals surface area (Å²) in [5.41, 5.74) is 7.70. The number of ether oxygens (including phenoxy) is 1. The molecule has 0 bridgehead atoms. The number of oxazole rings is 1. The maximum atomic E-state index is 5.65. The van der Waals surface area contributed by atoms with Crippen molar-refractivity contribution in [1.82, 2.24) is 4.98 Å². The molecule has 0 fully saturated rings. The monoisotopic (exact) mass is 260 g/mol. The number of aryl methyl sites for hydroxylation is 2. The van der Waals surface area contributed by atoms with Gasteiger partial charge in [0.15, 0.2) is 5.89 Å². The van der Waals surface area contributed by atoms with Crippen LogP contribution in [0, 0.1) is 13.8 Å². The second-order valence-electron chi connectivity index (χ2n) is 4.56. The van der Waals surface area contributed by atoms with Crippen molar-refractivity contribution in [2.24, 2.45) is 5.73 Å². The predicted molar refractivity (Wildman–Crippen MR) is 74.4 cm³/mol. The van der Waals surface area contributed by atoms with E-state index in [1.54, 1.807) is 0 Å². The van der Waals surface area contributed by atoms with Crippen LogP contribution in [0.15, 0.2) is 28.7 Å². The molecule has 2 aromatic rings. The Morgan fingerprint density at radius 2 is 1.89 bits per heavy atom. The summed E-state index contributed by atoms with van der Waals surface area (Å²) in [6.07, 6.45) is 1.42. The van der Waals surface area contributed by atoms with E-state index >= 15 is 0 Å². The molecule has 0 atom stereocenters. The zero-order chi connectivity index (χ0) is 13.7. The highest BCUT2D eigenvalue weighted by atomic mass is 16.5. The number of aromatic nitrogens is 1. The van der Waals surface area contributed by atoms with Crippen LogP contribution in [-0.4, -0.2) is 18.1 Å². The SMILES string of the molecule is Cc1ccc(OCCc2nc(CCN)c(C)o2)cc1. The molecule has 1 aromatic carbocycles. The second-order valence-corrected chi connectivity index (χ2v) is 4.56. The van der Waals surface area contributed by atoms with Gasteiger partial charge in [-0.15, -0.1) is 0 Å². The van der Waals surface area contributed by atoms with Gasteiger partial charge in [0.1, 0.15) is 11.5 Å². The van der Waals surface area contributed by atoms with Crippen LogP contribution in [0.3, 0.4) is 0 Å². The zero-order valence-electron chi connectivity index (χ0n) is 11.5. The number of nitrogens with zero attached hydrogens (tertiary/aromatic N) is 1. The van der Waals surface area contributed by atoms with E-state index in [0.717, 1.165) is 23.6 Å². The molecule has 2 rings (SSSR count). The third kappa shape index (κ3) is 3.83. The summed E-state index contributed by atoms with van der Waals surface area (Å²) in [5, 5.41) is 0. The van der Waals surface area contributed by atoms with Gasteiger partial charge in [-0.3, -0.25) is 0 Å². The number of rotatable bonds is 6. The predicted octanol–water partition coefficient (Wildman–Crippen LogP) is 2.41. The van der Waals surface area contributed by atoms with Gasteiger partial charge in [0.05, 0.1) is 18.7 Å². The Kier molecular flexibility index (Phi) is 4.58. The van der Waals surface area contributed by atoms with Crippen LogP contribution in [0.2, 0.25) is 0 Å². The molecule has 0 aliphatic carbocycles. The quantitative estimate of drug-likeness (QED) is 0.866. The molecule has 19 heavy (non-hydrogen) atoms. The first-order chi connectivity index (χ1) is 9.19. The van der Waals surface area contributed by atoms with Crippen molar-refractivity contribution in [2.75, 3.05) is 13.2 Å². The first-order valence-electron chi connectivity index (χ1n) is 6.53. The minimum Gasteiger partial charge on any atom is -0.493 e. The van der Waals surface area contributed by atoms with Crippen molar-refractivity contribution in [3.8, 4) is 5.75 Å². The van der Waals surface area contributed by atoms with Crippen molar-refractivity contribution in [3.63, 3.8) is 0 Å². The van der Waals surface area contributed by atoms with Gasteiger partial charge >= 0.3 is 0 Å². The van der Waals surface area contributed by atoms with Crippen molar-refractivity contribution in [1.29, 1.82) is 0 Å². The van der Waals surface area contributed by atoms with Crippen molar-refractivity contribution in [3.05, 3.63) is 47.2 Å². The maximum absolute atomic E-state index is 5.65. The molecule has 1 heterocycles. The Labute approximate surface area is 113 Å². The molecule has 1 aromatic heterocycles. The van der Waals surface area contributed by atoms with Crippen LogP contribution in [0.4, 0.5) is 0 Å². The Morgan fingerprint density at radius 1 is 1.16 bits per heavy atom.